The Morgan fingerprint density at radius 3 is 2.75 bits per heavy atom. The van der Waals surface area contributed by atoms with Gasteiger partial charge in [-0.15, -0.1) is 0 Å². The van der Waals surface area contributed by atoms with Crippen LogP contribution in [0.5, 0.6) is 0 Å². The normalized spacial score (nSPS) is 18.2. The molecule has 0 amide bonds. The van der Waals surface area contributed by atoms with Gasteiger partial charge in [0.15, 0.2) is 0 Å². The molecule has 0 radical (unpaired) electrons. The second-order valence-electron chi connectivity index (χ2n) is 4.32. The molecule has 1 atom stereocenters. The van der Waals surface area contributed by atoms with Crippen LogP contribution in [0.15, 0.2) is 23.1 Å². The number of halogens is 1. The fourth-order valence-corrected chi connectivity index (χ4v) is 2.22. The van der Waals surface area contributed by atoms with Gasteiger partial charge in [-0.2, -0.15) is 0 Å². The number of hydrogen-bond donors (Lipinski definition) is 2. The Labute approximate surface area is 99.9 Å². The Morgan fingerprint density at radius 1 is 1.50 bits per heavy atom. The molecule has 1 aliphatic rings. The third-order valence-electron chi connectivity index (χ3n) is 3.17. The van der Waals surface area contributed by atoms with Crippen molar-refractivity contribution in [2.75, 3.05) is 0 Å². The molecule has 0 aliphatic heterocycles. The van der Waals surface area contributed by atoms with E-state index in [2.05, 4.69) is 12.2 Å². The molecule has 3 N–H and O–H groups in total. The fraction of sp³-hybridized carbons (Fsp3) is 0.500. The number of nitrogens with two attached hydrogens (primary N) is 1. The standard InChI is InChI=1S/C12H17FN2S/c1-8(15-10-3-2-4-10)9-5-6-12(16-14)11(13)7-9/h5-8,10,15H,2-4,14H2,1H3. The minimum absolute atomic E-state index is 0.205. The van der Waals surface area contributed by atoms with Crippen LogP contribution in [0, 0.1) is 5.82 Å². The number of hydrogen-bond acceptors (Lipinski definition) is 3. The first kappa shape index (κ1) is 11.9. The van der Waals surface area contributed by atoms with Gasteiger partial charge in [0.2, 0.25) is 0 Å². The zero-order valence-corrected chi connectivity index (χ0v) is 10.2. The van der Waals surface area contributed by atoms with E-state index in [1.807, 2.05) is 6.07 Å². The first-order valence-corrected chi connectivity index (χ1v) is 6.51. The van der Waals surface area contributed by atoms with E-state index >= 15 is 0 Å². The summed E-state index contributed by atoms with van der Waals surface area (Å²) in [4.78, 5) is 0.500. The van der Waals surface area contributed by atoms with Crippen molar-refractivity contribution in [3.63, 3.8) is 0 Å². The number of benzene rings is 1. The Morgan fingerprint density at radius 2 is 2.25 bits per heavy atom. The lowest BCUT2D eigenvalue weighted by molar-refractivity contribution is 0.313. The van der Waals surface area contributed by atoms with E-state index in [-0.39, 0.29) is 11.9 Å². The van der Waals surface area contributed by atoms with Crippen LogP contribution in [-0.2, 0) is 0 Å². The maximum Gasteiger partial charge on any atom is 0.138 e. The molecule has 0 heterocycles. The quantitative estimate of drug-likeness (QED) is 0.795. The van der Waals surface area contributed by atoms with Crippen LogP contribution in [0.25, 0.3) is 0 Å². The van der Waals surface area contributed by atoms with E-state index in [1.165, 1.54) is 19.3 Å². The smallest absolute Gasteiger partial charge is 0.138 e. The minimum Gasteiger partial charge on any atom is -0.307 e. The van der Waals surface area contributed by atoms with E-state index < -0.39 is 0 Å². The highest BCUT2D eigenvalue weighted by Gasteiger charge is 2.20. The highest BCUT2D eigenvalue weighted by Crippen LogP contribution is 2.25. The van der Waals surface area contributed by atoms with E-state index in [4.69, 9.17) is 5.14 Å². The lowest BCUT2D eigenvalue weighted by Crippen LogP contribution is -2.36. The summed E-state index contributed by atoms with van der Waals surface area (Å²) in [5.41, 5.74) is 0.988. The van der Waals surface area contributed by atoms with Gasteiger partial charge in [-0.3, -0.25) is 5.14 Å². The summed E-state index contributed by atoms with van der Waals surface area (Å²) in [6, 6.07) is 6.08. The molecule has 0 aromatic heterocycles. The van der Waals surface area contributed by atoms with Crippen molar-refractivity contribution in [2.24, 2.45) is 5.14 Å². The van der Waals surface area contributed by atoms with Crippen molar-refractivity contribution in [3.8, 4) is 0 Å². The molecule has 16 heavy (non-hydrogen) atoms. The van der Waals surface area contributed by atoms with Gasteiger partial charge in [-0.05, 0) is 49.4 Å². The molecule has 1 aromatic rings. The summed E-state index contributed by atoms with van der Waals surface area (Å²) >= 11 is 0.950. The second kappa shape index (κ2) is 5.17. The summed E-state index contributed by atoms with van der Waals surface area (Å²) < 4.78 is 13.5. The van der Waals surface area contributed by atoms with Crippen LogP contribution < -0.4 is 10.5 Å². The topological polar surface area (TPSA) is 38.0 Å². The van der Waals surface area contributed by atoms with Gasteiger partial charge >= 0.3 is 0 Å². The Bertz CT molecular complexity index is 366. The highest BCUT2D eigenvalue weighted by molar-refractivity contribution is 7.97. The van der Waals surface area contributed by atoms with Crippen LogP contribution in [0.3, 0.4) is 0 Å². The van der Waals surface area contributed by atoms with Crippen molar-refractivity contribution in [2.45, 2.75) is 43.2 Å². The van der Waals surface area contributed by atoms with Crippen molar-refractivity contribution >= 4 is 11.9 Å². The SMILES string of the molecule is CC(NC1CCC1)c1ccc(SN)c(F)c1. The molecule has 0 bridgehead atoms. The summed E-state index contributed by atoms with van der Waals surface area (Å²) in [6.07, 6.45) is 3.79. The van der Waals surface area contributed by atoms with Crippen LogP contribution in [0.2, 0.25) is 0 Å². The molecule has 1 saturated carbocycles. The van der Waals surface area contributed by atoms with Gasteiger partial charge in [0.05, 0.1) is 4.90 Å². The van der Waals surface area contributed by atoms with Crippen LogP contribution in [-0.4, -0.2) is 6.04 Å². The predicted octanol–water partition coefficient (Wildman–Crippen LogP) is 2.99. The maximum atomic E-state index is 13.5. The average Bonchev–Trinajstić information content (AvgIpc) is 2.23. The monoisotopic (exact) mass is 240 g/mol. The van der Waals surface area contributed by atoms with E-state index in [0.29, 0.717) is 10.9 Å². The summed E-state index contributed by atoms with van der Waals surface area (Å²) in [6.45, 7) is 2.07. The molecule has 1 fully saturated rings. The lowest BCUT2D eigenvalue weighted by Gasteiger charge is -2.30. The number of rotatable bonds is 4. The van der Waals surface area contributed by atoms with Crippen LogP contribution in [0.4, 0.5) is 4.39 Å². The van der Waals surface area contributed by atoms with Crippen LogP contribution in [0.1, 0.15) is 37.8 Å². The average molecular weight is 240 g/mol. The molecule has 4 heteroatoms. The molecule has 2 rings (SSSR count). The Balaban J connectivity index is 2.04. The van der Waals surface area contributed by atoms with Crippen molar-refractivity contribution in [1.29, 1.82) is 0 Å². The first-order chi connectivity index (χ1) is 7.70. The van der Waals surface area contributed by atoms with E-state index in [9.17, 15) is 4.39 Å². The van der Waals surface area contributed by atoms with Gasteiger partial charge in [0.25, 0.3) is 0 Å². The zero-order chi connectivity index (χ0) is 11.5. The molecule has 1 unspecified atom stereocenters. The van der Waals surface area contributed by atoms with Crippen molar-refractivity contribution < 1.29 is 4.39 Å². The van der Waals surface area contributed by atoms with Gasteiger partial charge in [-0.1, -0.05) is 12.5 Å². The molecule has 0 spiro atoms. The lowest BCUT2D eigenvalue weighted by atomic mass is 9.92. The number of nitrogens with one attached hydrogen (secondary N) is 1. The molecule has 2 nitrogen and oxygen atoms in total. The van der Waals surface area contributed by atoms with Crippen molar-refractivity contribution in [1.82, 2.24) is 5.32 Å². The first-order valence-electron chi connectivity index (χ1n) is 5.63. The molecule has 0 saturated heterocycles. The summed E-state index contributed by atoms with van der Waals surface area (Å²) in [5, 5.41) is 8.84. The van der Waals surface area contributed by atoms with E-state index in [0.717, 1.165) is 17.5 Å². The van der Waals surface area contributed by atoms with Gasteiger partial charge < -0.3 is 5.32 Å². The third-order valence-corrected chi connectivity index (χ3v) is 3.76. The third kappa shape index (κ3) is 2.56. The molecule has 1 aromatic carbocycles. The summed E-state index contributed by atoms with van der Waals surface area (Å²) in [7, 11) is 0. The van der Waals surface area contributed by atoms with Gasteiger partial charge in [-0.25, -0.2) is 4.39 Å². The van der Waals surface area contributed by atoms with Crippen molar-refractivity contribution in [3.05, 3.63) is 29.6 Å². The van der Waals surface area contributed by atoms with Gasteiger partial charge in [0, 0.05) is 12.1 Å². The highest BCUT2D eigenvalue weighted by atomic mass is 32.2. The Kier molecular flexibility index (Phi) is 3.84. The van der Waals surface area contributed by atoms with Gasteiger partial charge in [0.1, 0.15) is 5.82 Å². The second-order valence-corrected chi connectivity index (χ2v) is 5.00. The fourth-order valence-electron chi connectivity index (χ4n) is 1.91. The molecule has 1 aliphatic carbocycles. The molecule has 88 valence electrons. The maximum absolute atomic E-state index is 13.5. The predicted molar refractivity (Wildman–Crippen MR) is 65.6 cm³/mol. The minimum atomic E-state index is -0.229. The van der Waals surface area contributed by atoms with E-state index in [1.54, 1.807) is 12.1 Å². The largest absolute Gasteiger partial charge is 0.307 e. The Hall–Kier alpha value is -0.580. The zero-order valence-electron chi connectivity index (χ0n) is 9.37. The molecular weight excluding hydrogens is 223 g/mol. The summed E-state index contributed by atoms with van der Waals surface area (Å²) in [5.74, 6) is -0.229. The van der Waals surface area contributed by atoms with Crippen LogP contribution >= 0.6 is 11.9 Å². The molecular formula is C12H17FN2S.